The van der Waals surface area contributed by atoms with E-state index in [1.54, 1.807) is 27.6 Å². The highest BCUT2D eigenvalue weighted by Crippen LogP contribution is 2.25. The fraction of sp³-hybridized carbons (Fsp3) is 0.308. The number of imidazole rings is 1. The second kappa shape index (κ2) is 5.63. The predicted molar refractivity (Wildman–Crippen MR) is 74.5 cm³/mol. The summed E-state index contributed by atoms with van der Waals surface area (Å²) in [7, 11) is 0. The van der Waals surface area contributed by atoms with Gasteiger partial charge in [0, 0.05) is 18.9 Å². The van der Waals surface area contributed by atoms with Gasteiger partial charge < -0.3 is 0 Å². The number of rotatable bonds is 4. The summed E-state index contributed by atoms with van der Waals surface area (Å²) in [6.45, 7) is 3.21. The number of benzene rings is 1. The average molecular weight is 285 g/mol. The second-order valence-electron chi connectivity index (χ2n) is 4.11. The van der Waals surface area contributed by atoms with Gasteiger partial charge >= 0.3 is 5.69 Å². The van der Waals surface area contributed by atoms with E-state index in [4.69, 9.17) is 23.2 Å². The predicted octanol–water partition coefficient (Wildman–Crippen LogP) is 3.41. The van der Waals surface area contributed by atoms with Gasteiger partial charge in [0.2, 0.25) is 0 Å². The molecule has 0 aliphatic carbocycles. The molecule has 5 heteroatoms. The molecule has 96 valence electrons. The van der Waals surface area contributed by atoms with Gasteiger partial charge in [-0.2, -0.15) is 0 Å². The van der Waals surface area contributed by atoms with Gasteiger partial charge in [-0.3, -0.25) is 9.13 Å². The van der Waals surface area contributed by atoms with Crippen LogP contribution in [0.3, 0.4) is 0 Å². The zero-order chi connectivity index (χ0) is 13.1. The zero-order valence-electron chi connectivity index (χ0n) is 10.1. The van der Waals surface area contributed by atoms with Crippen LogP contribution in [0, 0.1) is 0 Å². The van der Waals surface area contributed by atoms with E-state index in [2.05, 4.69) is 0 Å². The van der Waals surface area contributed by atoms with E-state index in [0.717, 1.165) is 18.5 Å². The maximum Gasteiger partial charge on any atom is 0.328 e. The topological polar surface area (TPSA) is 26.9 Å². The molecule has 0 saturated carbocycles. The van der Waals surface area contributed by atoms with Crippen LogP contribution in [0.15, 0.2) is 35.4 Å². The van der Waals surface area contributed by atoms with Crippen LogP contribution < -0.4 is 5.69 Å². The molecule has 0 N–H and O–H groups in total. The molecule has 1 heterocycles. The lowest BCUT2D eigenvalue weighted by Crippen LogP contribution is -2.24. The van der Waals surface area contributed by atoms with Crippen molar-refractivity contribution in [1.82, 2.24) is 9.13 Å². The van der Waals surface area contributed by atoms with Gasteiger partial charge in [0.1, 0.15) is 0 Å². The monoisotopic (exact) mass is 284 g/mol. The largest absolute Gasteiger partial charge is 0.328 e. The highest BCUT2D eigenvalue weighted by molar-refractivity contribution is 6.42. The fourth-order valence-electron chi connectivity index (χ4n) is 1.84. The van der Waals surface area contributed by atoms with Crippen molar-refractivity contribution in [3.63, 3.8) is 0 Å². The first kappa shape index (κ1) is 13.2. The van der Waals surface area contributed by atoms with E-state index < -0.39 is 0 Å². The summed E-state index contributed by atoms with van der Waals surface area (Å²) >= 11 is 12.1. The first-order chi connectivity index (χ1) is 8.63. The normalized spacial score (nSPS) is 10.8. The summed E-state index contributed by atoms with van der Waals surface area (Å²) in [5, 5.41) is 1.02. The Morgan fingerprint density at radius 2 is 1.89 bits per heavy atom. The first-order valence-electron chi connectivity index (χ1n) is 5.82. The van der Waals surface area contributed by atoms with Gasteiger partial charge in [0.05, 0.1) is 16.6 Å². The summed E-state index contributed by atoms with van der Waals surface area (Å²) in [6.07, 6.45) is 4.50. The molecule has 0 fully saturated rings. The van der Waals surface area contributed by atoms with Gasteiger partial charge in [-0.05, 0) is 18.1 Å². The Kier molecular flexibility index (Phi) is 4.15. The van der Waals surface area contributed by atoms with Gasteiger partial charge in [-0.15, -0.1) is 0 Å². The van der Waals surface area contributed by atoms with Gasteiger partial charge in [0.25, 0.3) is 0 Å². The molecule has 0 unspecified atom stereocenters. The third-order valence-electron chi connectivity index (χ3n) is 2.75. The van der Waals surface area contributed by atoms with Crippen LogP contribution in [0.1, 0.15) is 18.9 Å². The molecule has 0 amide bonds. The van der Waals surface area contributed by atoms with Crippen molar-refractivity contribution in [2.45, 2.75) is 26.4 Å². The molecule has 0 radical (unpaired) electrons. The van der Waals surface area contributed by atoms with Crippen LogP contribution >= 0.6 is 23.2 Å². The van der Waals surface area contributed by atoms with E-state index in [1.807, 2.05) is 19.1 Å². The number of nitrogens with zero attached hydrogens (tertiary/aromatic N) is 2. The van der Waals surface area contributed by atoms with E-state index >= 15 is 0 Å². The van der Waals surface area contributed by atoms with Crippen LogP contribution in [0.4, 0.5) is 0 Å². The van der Waals surface area contributed by atoms with Crippen molar-refractivity contribution in [2.24, 2.45) is 0 Å². The Balaban J connectivity index is 2.29. The smallest absolute Gasteiger partial charge is 0.299 e. The first-order valence-corrected chi connectivity index (χ1v) is 6.57. The maximum absolute atomic E-state index is 12.0. The lowest BCUT2D eigenvalue weighted by Gasteiger charge is -2.06. The summed E-state index contributed by atoms with van der Waals surface area (Å²) in [5.74, 6) is 0. The molecule has 3 nitrogen and oxygen atoms in total. The summed E-state index contributed by atoms with van der Waals surface area (Å²) in [4.78, 5) is 12.0. The summed E-state index contributed by atoms with van der Waals surface area (Å²) < 4.78 is 3.33. The van der Waals surface area contributed by atoms with Crippen molar-refractivity contribution < 1.29 is 0 Å². The highest BCUT2D eigenvalue weighted by atomic mass is 35.5. The average Bonchev–Trinajstić information content (AvgIpc) is 2.68. The lowest BCUT2D eigenvalue weighted by molar-refractivity contribution is 0.624. The SMILES string of the molecule is CCCn1ccn(Cc2cccc(Cl)c2Cl)c1=O. The van der Waals surface area contributed by atoms with Crippen molar-refractivity contribution in [3.05, 3.63) is 56.7 Å². The zero-order valence-corrected chi connectivity index (χ0v) is 11.6. The van der Waals surface area contributed by atoms with E-state index in [1.165, 1.54) is 0 Å². The van der Waals surface area contributed by atoms with Crippen LogP contribution in [-0.4, -0.2) is 9.13 Å². The van der Waals surface area contributed by atoms with Crippen molar-refractivity contribution in [1.29, 1.82) is 0 Å². The van der Waals surface area contributed by atoms with E-state index in [9.17, 15) is 4.79 Å². The van der Waals surface area contributed by atoms with Crippen molar-refractivity contribution in [3.8, 4) is 0 Å². The minimum atomic E-state index is -0.0205. The number of aromatic nitrogens is 2. The Labute approximate surface area is 116 Å². The molecule has 2 aromatic rings. The quantitative estimate of drug-likeness (QED) is 0.845. The third kappa shape index (κ3) is 2.62. The van der Waals surface area contributed by atoms with Crippen LogP contribution in [0.25, 0.3) is 0 Å². The van der Waals surface area contributed by atoms with Gasteiger partial charge in [-0.25, -0.2) is 4.79 Å². The van der Waals surface area contributed by atoms with Crippen LogP contribution in [-0.2, 0) is 13.1 Å². The second-order valence-corrected chi connectivity index (χ2v) is 4.90. The van der Waals surface area contributed by atoms with E-state index in [-0.39, 0.29) is 5.69 Å². The van der Waals surface area contributed by atoms with Gasteiger partial charge in [-0.1, -0.05) is 42.3 Å². The standard InChI is InChI=1S/C13H14Cl2N2O/c1-2-6-16-7-8-17(13(16)18)9-10-4-3-5-11(14)12(10)15/h3-5,7-8H,2,6,9H2,1H3. The Bertz CT molecular complexity index is 601. The summed E-state index contributed by atoms with van der Waals surface area (Å²) in [5.41, 5.74) is 0.827. The number of hydrogen-bond acceptors (Lipinski definition) is 1. The minimum Gasteiger partial charge on any atom is -0.299 e. The Morgan fingerprint density at radius 3 is 2.61 bits per heavy atom. The van der Waals surface area contributed by atoms with Crippen LogP contribution in [0.2, 0.25) is 10.0 Å². The Hall–Kier alpha value is -1.19. The van der Waals surface area contributed by atoms with Crippen molar-refractivity contribution >= 4 is 23.2 Å². The molecule has 18 heavy (non-hydrogen) atoms. The summed E-state index contributed by atoms with van der Waals surface area (Å²) in [6, 6.07) is 5.44. The van der Waals surface area contributed by atoms with Crippen molar-refractivity contribution in [2.75, 3.05) is 0 Å². The lowest BCUT2D eigenvalue weighted by atomic mass is 10.2. The van der Waals surface area contributed by atoms with Gasteiger partial charge in [0.15, 0.2) is 0 Å². The molecule has 0 aliphatic heterocycles. The maximum atomic E-state index is 12.0. The molecule has 0 atom stereocenters. The number of aryl methyl sites for hydroxylation is 1. The number of hydrogen-bond donors (Lipinski definition) is 0. The molecule has 2 rings (SSSR count). The van der Waals surface area contributed by atoms with E-state index in [0.29, 0.717) is 16.6 Å². The minimum absolute atomic E-state index is 0.0205. The molecule has 0 saturated heterocycles. The molecule has 0 spiro atoms. The number of halogens is 2. The molecule has 0 aliphatic rings. The Morgan fingerprint density at radius 1 is 1.17 bits per heavy atom. The highest BCUT2D eigenvalue weighted by Gasteiger charge is 2.07. The third-order valence-corrected chi connectivity index (χ3v) is 3.61. The fourth-order valence-corrected chi connectivity index (χ4v) is 2.22. The van der Waals surface area contributed by atoms with Crippen LogP contribution in [0.5, 0.6) is 0 Å². The molecule has 1 aromatic carbocycles. The molecular weight excluding hydrogens is 271 g/mol. The molecule has 0 bridgehead atoms. The molecule has 1 aromatic heterocycles. The molecular formula is C13H14Cl2N2O.